The molecule has 0 spiro atoms. The Morgan fingerprint density at radius 1 is 1.57 bits per heavy atom. The molecule has 1 aromatic rings. The van der Waals surface area contributed by atoms with Crippen LogP contribution in [0.4, 0.5) is 0 Å². The summed E-state index contributed by atoms with van der Waals surface area (Å²) in [5.74, 6) is 0.806. The summed E-state index contributed by atoms with van der Waals surface area (Å²) >= 11 is 6.29. The van der Waals surface area contributed by atoms with Crippen molar-refractivity contribution in [3.8, 4) is 0 Å². The van der Waals surface area contributed by atoms with E-state index >= 15 is 0 Å². The third kappa shape index (κ3) is 4.33. The molecule has 116 valence electrons. The van der Waals surface area contributed by atoms with Crippen molar-refractivity contribution in [1.29, 1.82) is 0 Å². The number of hydrogen-bond donors (Lipinski definition) is 2. The molecule has 2 rings (SSSR count). The lowest BCUT2D eigenvalue weighted by Gasteiger charge is -2.21. The molecule has 0 aliphatic carbocycles. The molecular weight excluding hydrogens is 288 g/mol. The third-order valence-electron chi connectivity index (χ3n) is 3.96. The molecule has 3 N–H and O–H groups in total. The summed E-state index contributed by atoms with van der Waals surface area (Å²) in [6, 6.07) is 5.50. The van der Waals surface area contributed by atoms with Crippen molar-refractivity contribution in [2.24, 2.45) is 16.8 Å². The lowest BCUT2D eigenvalue weighted by Crippen LogP contribution is -2.27. The Balaban J connectivity index is 1.96. The first-order chi connectivity index (χ1) is 9.99. The zero-order chi connectivity index (χ0) is 15.4. The lowest BCUT2D eigenvalue weighted by atomic mass is 10.1. The molecule has 1 atom stereocenters. The van der Waals surface area contributed by atoms with Crippen LogP contribution in [0.1, 0.15) is 17.5 Å². The van der Waals surface area contributed by atoms with Gasteiger partial charge in [-0.1, -0.05) is 28.9 Å². The van der Waals surface area contributed by atoms with Crippen LogP contribution in [-0.4, -0.2) is 54.6 Å². The molecular formula is C15H23ClN4O. The van der Waals surface area contributed by atoms with Crippen LogP contribution in [0.5, 0.6) is 0 Å². The molecule has 0 radical (unpaired) electrons. The van der Waals surface area contributed by atoms with Gasteiger partial charge in [-0.05, 0) is 44.6 Å². The second kappa shape index (κ2) is 7.11. The molecule has 6 heteroatoms. The van der Waals surface area contributed by atoms with E-state index in [1.807, 2.05) is 12.1 Å². The Morgan fingerprint density at radius 3 is 2.90 bits per heavy atom. The maximum Gasteiger partial charge on any atom is 0.170 e. The van der Waals surface area contributed by atoms with E-state index in [-0.39, 0.29) is 5.84 Å². The van der Waals surface area contributed by atoms with Gasteiger partial charge in [-0.25, -0.2) is 0 Å². The van der Waals surface area contributed by atoms with Crippen molar-refractivity contribution < 1.29 is 5.21 Å². The molecule has 0 amide bonds. The van der Waals surface area contributed by atoms with Crippen molar-refractivity contribution in [3.05, 3.63) is 34.3 Å². The second-order valence-corrected chi connectivity index (χ2v) is 6.31. The van der Waals surface area contributed by atoms with E-state index in [4.69, 9.17) is 22.5 Å². The van der Waals surface area contributed by atoms with E-state index in [0.29, 0.717) is 10.6 Å². The Bertz CT molecular complexity index is 520. The van der Waals surface area contributed by atoms with Gasteiger partial charge >= 0.3 is 0 Å². The average Bonchev–Trinajstić information content (AvgIpc) is 2.85. The number of likely N-dealkylation sites (tertiary alicyclic amines) is 1. The van der Waals surface area contributed by atoms with Crippen molar-refractivity contribution >= 4 is 17.4 Å². The van der Waals surface area contributed by atoms with Crippen LogP contribution >= 0.6 is 11.6 Å². The number of benzene rings is 1. The highest BCUT2D eigenvalue weighted by atomic mass is 35.5. The fourth-order valence-corrected chi connectivity index (χ4v) is 3.10. The third-order valence-corrected chi connectivity index (χ3v) is 4.31. The first kappa shape index (κ1) is 16.1. The zero-order valence-electron chi connectivity index (χ0n) is 12.6. The van der Waals surface area contributed by atoms with E-state index in [1.165, 1.54) is 19.5 Å². The van der Waals surface area contributed by atoms with E-state index in [2.05, 4.69) is 29.1 Å². The maximum atomic E-state index is 8.68. The van der Waals surface area contributed by atoms with Crippen molar-refractivity contribution in [2.75, 3.05) is 33.7 Å². The van der Waals surface area contributed by atoms with Crippen LogP contribution in [0.2, 0.25) is 5.02 Å². The molecule has 1 aliphatic rings. The number of rotatable bonds is 5. The number of hydrogen-bond acceptors (Lipinski definition) is 4. The first-order valence-corrected chi connectivity index (χ1v) is 7.50. The minimum atomic E-state index is 0.0748. The highest BCUT2D eigenvalue weighted by molar-refractivity contribution is 6.31. The van der Waals surface area contributed by atoms with E-state index in [1.54, 1.807) is 6.07 Å². The molecule has 21 heavy (non-hydrogen) atoms. The number of nitrogens with two attached hydrogens (primary N) is 1. The highest BCUT2D eigenvalue weighted by Gasteiger charge is 2.21. The summed E-state index contributed by atoms with van der Waals surface area (Å²) in [7, 11) is 4.29. The normalized spacial score (nSPS) is 20.4. The molecule has 0 aromatic heterocycles. The summed E-state index contributed by atoms with van der Waals surface area (Å²) < 4.78 is 0. The van der Waals surface area contributed by atoms with Crippen molar-refractivity contribution in [1.82, 2.24) is 9.80 Å². The standard InChI is InChI=1S/C15H23ClN4O/c1-19-6-5-11(8-19)9-20(2)10-13-4-3-12(7-14(13)16)15(17)18-21/h3-4,7,11,21H,5-6,8-10H2,1-2H3,(H2,17,18). The van der Waals surface area contributed by atoms with E-state index < -0.39 is 0 Å². The topological polar surface area (TPSA) is 65.1 Å². The number of halogens is 1. The van der Waals surface area contributed by atoms with Gasteiger partial charge in [0.1, 0.15) is 0 Å². The molecule has 1 unspecified atom stereocenters. The lowest BCUT2D eigenvalue weighted by molar-refractivity contribution is 0.267. The second-order valence-electron chi connectivity index (χ2n) is 5.91. The molecule has 0 bridgehead atoms. The molecule has 0 saturated carbocycles. The molecule has 1 saturated heterocycles. The fraction of sp³-hybridized carbons (Fsp3) is 0.533. The van der Waals surface area contributed by atoms with E-state index in [9.17, 15) is 0 Å². The Hall–Kier alpha value is -1.30. The van der Waals surface area contributed by atoms with Crippen LogP contribution < -0.4 is 5.73 Å². The Kier molecular flexibility index (Phi) is 5.45. The quantitative estimate of drug-likeness (QED) is 0.377. The minimum absolute atomic E-state index is 0.0748. The maximum absolute atomic E-state index is 8.68. The average molecular weight is 311 g/mol. The Labute approximate surface area is 131 Å². The monoisotopic (exact) mass is 310 g/mol. The first-order valence-electron chi connectivity index (χ1n) is 7.13. The van der Waals surface area contributed by atoms with Gasteiger partial charge in [-0.3, -0.25) is 0 Å². The largest absolute Gasteiger partial charge is 0.409 e. The summed E-state index contributed by atoms with van der Waals surface area (Å²) in [5.41, 5.74) is 7.25. The highest BCUT2D eigenvalue weighted by Crippen LogP contribution is 2.21. The van der Waals surface area contributed by atoms with Gasteiger partial charge in [0.15, 0.2) is 5.84 Å². The Morgan fingerprint density at radius 2 is 2.33 bits per heavy atom. The van der Waals surface area contributed by atoms with Crippen LogP contribution in [-0.2, 0) is 6.54 Å². The van der Waals surface area contributed by atoms with Crippen molar-refractivity contribution in [2.45, 2.75) is 13.0 Å². The van der Waals surface area contributed by atoms with Gasteiger partial charge in [0, 0.05) is 30.2 Å². The van der Waals surface area contributed by atoms with Gasteiger partial charge in [0.2, 0.25) is 0 Å². The fourth-order valence-electron chi connectivity index (χ4n) is 2.86. The van der Waals surface area contributed by atoms with Gasteiger partial charge in [-0.2, -0.15) is 0 Å². The molecule has 1 aliphatic heterocycles. The van der Waals surface area contributed by atoms with Gasteiger partial charge in [0.05, 0.1) is 0 Å². The predicted octanol–water partition coefficient (Wildman–Crippen LogP) is 1.82. The zero-order valence-corrected chi connectivity index (χ0v) is 13.3. The van der Waals surface area contributed by atoms with Gasteiger partial charge in [0.25, 0.3) is 0 Å². The van der Waals surface area contributed by atoms with Gasteiger partial charge in [-0.15, -0.1) is 0 Å². The summed E-state index contributed by atoms with van der Waals surface area (Å²) in [5, 5.41) is 12.3. The van der Waals surface area contributed by atoms with E-state index in [0.717, 1.165) is 24.6 Å². The smallest absolute Gasteiger partial charge is 0.170 e. The van der Waals surface area contributed by atoms with Crippen LogP contribution in [0.25, 0.3) is 0 Å². The summed E-state index contributed by atoms with van der Waals surface area (Å²) in [6.07, 6.45) is 1.26. The number of oxime groups is 1. The van der Waals surface area contributed by atoms with Crippen LogP contribution in [0, 0.1) is 5.92 Å². The summed E-state index contributed by atoms with van der Waals surface area (Å²) in [6.45, 7) is 4.23. The van der Waals surface area contributed by atoms with Crippen LogP contribution in [0.3, 0.4) is 0 Å². The number of amidine groups is 1. The number of nitrogens with zero attached hydrogens (tertiary/aromatic N) is 3. The van der Waals surface area contributed by atoms with Crippen molar-refractivity contribution in [3.63, 3.8) is 0 Å². The molecule has 5 nitrogen and oxygen atoms in total. The van der Waals surface area contributed by atoms with Crippen LogP contribution in [0.15, 0.2) is 23.4 Å². The predicted molar refractivity (Wildman–Crippen MR) is 85.9 cm³/mol. The minimum Gasteiger partial charge on any atom is -0.409 e. The molecule has 1 aromatic carbocycles. The molecule has 1 fully saturated rings. The summed E-state index contributed by atoms with van der Waals surface area (Å²) in [4.78, 5) is 4.67. The van der Waals surface area contributed by atoms with Gasteiger partial charge < -0.3 is 20.7 Å². The molecule has 1 heterocycles. The SMILES string of the molecule is CN1CCC(CN(C)Cc2ccc(/C(N)=N/O)cc2Cl)C1.